The maximum atomic E-state index is 13.7. The van der Waals surface area contributed by atoms with Gasteiger partial charge in [-0.1, -0.05) is 17.7 Å². The van der Waals surface area contributed by atoms with E-state index in [1.54, 1.807) is 20.8 Å². The van der Waals surface area contributed by atoms with Crippen molar-refractivity contribution < 1.29 is 22.8 Å². The largest absolute Gasteiger partial charge is 0.435 e. The summed E-state index contributed by atoms with van der Waals surface area (Å²) in [6, 6.07) is 2.69. The van der Waals surface area contributed by atoms with Crippen LogP contribution in [-0.4, -0.2) is 60.1 Å². The Balaban J connectivity index is 3.38. The maximum Gasteiger partial charge on any atom is 0.435 e. The lowest BCUT2D eigenvalue weighted by molar-refractivity contribution is -0.112. The van der Waals surface area contributed by atoms with Crippen molar-refractivity contribution in [1.82, 2.24) is 10.3 Å². The van der Waals surface area contributed by atoms with Crippen LogP contribution in [0.4, 0.5) is 18.9 Å². The molecule has 0 radical (unpaired) electrons. The fourth-order valence-electron chi connectivity index (χ4n) is 2.85. The number of alkyl halides is 4. The highest BCUT2D eigenvalue weighted by Gasteiger charge is 2.36. The summed E-state index contributed by atoms with van der Waals surface area (Å²) in [6.45, 7) is 13.1. The summed E-state index contributed by atoms with van der Waals surface area (Å²) in [5, 5.41) is 9.04. The van der Waals surface area contributed by atoms with Crippen LogP contribution in [0.2, 0.25) is 5.02 Å². The summed E-state index contributed by atoms with van der Waals surface area (Å²) in [4.78, 5) is 29.1. The van der Waals surface area contributed by atoms with Gasteiger partial charge < -0.3 is 10.6 Å². The topological polar surface area (TPSA) is 86.2 Å². The Hall–Kier alpha value is -2.85. The van der Waals surface area contributed by atoms with Crippen molar-refractivity contribution in [2.24, 2.45) is 10.1 Å². The third kappa shape index (κ3) is 8.70. The van der Waals surface area contributed by atoms with Crippen molar-refractivity contribution in [1.29, 1.82) is 0 Å². The van der Waals surface area contributed by atoms with Gasteiger partial charge in [0, 0.05) is 23.7 Å². The molecule has 1 aromatic rings. The van der Waals surface area contributed by atoms with Gasteiger partial charge in [-0.3, -0.25) is 19.6 Å². The summed E-state index contributed by atoms with van der Waals surface area (Å²) >= 11 is 12.1. The van der Waals surface area contributed by atoms with Crippen molar-refractivity contribution in [3.63, 3.8) is 0 Å². The first kappa shape index (κ1) is 30.2. The predicted molar refractivity (Wildman–Crippen MR) is 136 cm³/mol. The highest BCUT2D eigenvalue weighted by Crippen LogP contribution is 2.27. The number of aryl methyl sites for hydroxylation is 1. The van der Waals surface area contributed by atoms with Crippen LogP contribution < -0.4 is 10.6 Å². The Morgan fingerprint density at radius 2 is 1.86 bits per heavy atom. The normalized spacial score (nSPS) is 14.3. The zero-order valence-electron chi connectivity index (χ0n) is 20.0. The number of nitrogens with zero attached hydrogens (tertiary/aromatic N) is 3. The lowest BCUT2D eigenvalue weighted by Crippen LogP contribution is -2.35. The second-order valence-electron chi connectivity index (χ2n) is 7.89. The van der Waals surface area contributed by atoms with Crippen LogP contribution in [0.1, 0.15) is 36.7 Å². The molecule has 0 aliphatic heterocycles. The molecule has 0 aliphatic rings. The third-order valence-corrected chi connectivity index (χ3v) is 5.17. The molecule has 0 aromatic heterocycles. The van der Waals surface area contributed by atoms with Gasteiger partial charge in [0.05, 0.1) is 16.6 Å². The fraction of sp³-hybridized carbons (Fsp3) is 0.391. The minimum absolute atomic E-state index is 0.0757. The molecule has 0 aliphatic carbocycles. The minimum atomic E-state index is -4.89. The molecule has 192 valence electrons. The number of amides is 2. The number of halogens is 5. The van der Waals surface area contributed by atoms with Crippen molar-refractivity contribution in [3.05, 3.63) is 52.6 Å². The SMILES string of the molecule is C=CC(Cl)C(N=C)N(C)/N=C(\C=C(/C)C(=O)Nc1c(C)cc(Cl)cc1C(=O)NC(C)C)C(F)(F)F. The van der Waals surface area contributed by atoms with Crippen molar-refractivity contribution in [3.8, 4) is 0 Å². The number of rotatable bonds is 10. The zero-order valence-corrected chi connectivity index (χ0v) is 21.5. The lowest BCUT2D eigenvalue weighted by atomic mass is 10.1. The molecule has 7 nitrogen and oxygen atoms in total. The fourth-order valence-corrected chi connectivity index (χ4v) is 3.37. The van der Waals surface area contributed by atoms with E-state index < -0.39 is 35.2 Å². The average molecular weight is 534 g/mol. The first-order chi connectivity index (χ1) is 16.1. The minimum Gasteiger partial charge on any atom is -0.350 e. The monoisotopic (exact) mass is 533 g/mol. The molecule has 1 rings (SSSR count). The number of hydrogen-bond acceptors (Lipinski definition) is 5. The van der Waals surface area contributed by atoms with Gasteiger partial charge in [0.1, 0.15) is 0 Å². The van der Waals surface area contributed by atoms with E-state index in [1.165, 1.54) is 32.2 Å². The van der Waals surface area contributed by atoms with Crippen LogP contribution in [0.15, 0.2) is 46.5 Å². The van der Waals surface area contributed by atoms with E-state index in [-0.39, 0.29) is 27.9 Å². The second kappa shape index (κ2) is 12.7. The van der Waals surface area contributed by atoms with Gasteiger partial charge in [-0.05, 0) is 58.2 Å². The van der Waals surface area contributed by atoms with Crippen LogP contribution in [0.25, 0.3) is 0 Å². The number of allylic oxidation sites excluding steroid dienone is 1. The van der Waals surface area contributed by atoms with Gasteiger partial charge in [-0.2, -0.15) is 18.3 Å². The van der Waals surface area contributed by atoms with Gasteiger partial charge in [0.25, 0.3) is 11.8 Å². The molecular weight excluding hydrogens is 506 g/mol. The summed E-state index contributed by atoms with van der Waals surface area (Å²) in [5.74, 6) is -1.36. The summed E-state index contributed by atoms with van der Waals surface area (Å²) in [7, 11) is 1.24. The molecule has 0 saturated carbocycles. The summed E-state index contributed by atoms with van der Waals surface area (Å²) in [6.07, 6.45) is -4.04. The van der Waals surface area contributed by atoms with E-state index in [0.717, 1.165) is 5.01 Å². The quantitative estimate of drug-likeness (QED) is 0.140. The van der Waals surface area contributed by atoms with E-state index in [0.29, 0.717) is 11.6 Å². The number of carbonyl (C=O) groups is 2. The number of hydrazone groups is 1. The van der Waals surface area contributed by atoms with Crippen molar-refractivity contribution in [2.45, 2.75) is 51.5 Å². The number of aliphatic imine (C=N–C) groups is 1. The zero-order chi connectivity index (χ0) is 27.1. The molecule has 1 aromatic carbocycles. The molecule has 0 fully saturated rings. The molecular formula is C23H28Cl2F3N5O2. The highest BCUT2D eigenvalue weighted by molar-refractivity contribution is 6.31. The summed E-state index contributed by atoms with van der Waals surface area (Å²) in [5.41, 5.74) is -1.02. The molecule has 0 saturated heterocycles. The Morgan fingerprint density at radius 3 is 2.34 bits per heavy atom. The van der Waals surface area contributed by atoms with Crippen molar-refractivity contribution >= 4 is 53.1 Å². The van der Waals surface area contributed by atoms with Gasteiger partial charge in [0.15, 0.2) is 11.9 Å². The first-order valence-corrected chi connectivity index (χ1v) is 11.2. The smallest absolute Gasteiger partial charge is 0.350 e. The van der Waals surface area contributed by atoms with E-state index in [4.69, 9.17) is 23.2 Å². The lowest BCUT2D eigenvalue weighted by Gasteiger charge is -2.25. The third-order valence-electron chi connectivity index (χ3n) is 4.55. The molecule has 2 amide bonds. The molecule has 2 atom stereocenters. The number of carbonyl (C=O) groups excluding carboxylic acids is 2. The second-order valence-corrected chi connectivity index (χ2v) is 8.83. The molecule has 0 spiro atoms. The summed E-state index contributed by atoms with van der Waals surface area (Å²) < 4.78 is 41.0. The average Bonchev–Trinajstić information content (AvgIpc) is 2.73. The van der Waals surface area contributed by atoms with E-state index in [9.17, 15) is 22.8 Å². The number of benzene rings is 1. The molecule has 12 heteroatoms. The maximum absolute atomic E-state index is 13.7. The Morgan fingerprint density at radius 1 is 1.26 bits per heavy atom. The molecule has 0 heterocycles. The van der Waals surface area contributed by atoms with Crippen LogP contribution in [0, 0.1) is 6.92 Å². The number of nitrogens with one attached hydrogen (secondary N) is 2. The standard InChI is InChI=1S/C23H28Cl2F3N5O2/c1-8-17(25)20(29-6)33(7)32-18(23(26,27)28)10-14(5)21(34)31-19-13(4)9-15(24)11-16(19)22(35)30-12(2)3/h8-12,17,20H,1,6H2,2-5,7H3,(H,30,35)(H,31,34)/b14-10+,32-18+. The Bertz CT molecular complexity index is 1040. The van der Waals surface area contributed by atoms with Crippen LogP contribution >= 0.6 is 23.2 Å². The predicted octanol–water partition coefficient (Wildman–Crippen LogP) is 5.34. The Kier molecular flexibility index (Phi) is 11.0. The number of anilines is 1. The number of hydrogen-bond donors (Lipinski definition) is 2. The first-order valence-electron chi connectivity index (χ1n) is 10.3. The molecule has 0 bridgehead atoms. The van der Waals surface area contributed by atoms with Crippen LogP contribution in [0.3, 0.4) is 0 Å². The van der Waals surface area contributed by atoms with Gasteiger partial charge >= 0.3 is 6.18 Å². The van der Waals surface area contributed by atoms with Crippen LogP contribution in [-0.2, 0) is 4.79 Å². The Labute approximate surface area is 212 Å². The molecule has 2 N–H and O–H groups in total. The van der Waals surface area contributed by atoms with E-state index >= 15 is 0 Å². The molecule has 35 heavy (non-hydrogen) atoms. The van der Waals surface area contributed by atoms with E-state index in [2.05, 4.69) is 34.0 Å². The van der Waals surface area contributed by atoms with Gasteiger partial charge in [-0.25, -0.2) is 0 Å². The van der Waals surface area contributed by atoms with Gasteiger partial charge in [0.2, 0.25) is 0 Å². The molecule has 2 unspecified atom stereocenters. The van der Waals surface area contributed by atoms with Gasteiger partial charge in [-0.15, -0.1) is 18.2 Å². The highest BCUT2D eigenvalue weighted by atomic mass is 35.5. The van der Waals surface area contributed by atoms with E-state index in [1.807, 2.05) is 0 Å². The van der Waals surface area contributed by atoms with Crippen molar-refractivity contribution in [2.75, 3.05) is 12.4 Å². The van der Waals surface area contributed by atoms with Crippen LogP contribution in [0.5, 0.6) is 0 Å².